The van der Waals surface area contributed by atoms with E-state index in [1.54, 1.807) is 49.6 Å². The standard InChI is InChI=1S/3C6H4N4/c1-5-6(10-3-7-1)2-8-4-9-5;1-5-2-8-4-10-6(5)9-3-7-1;1-2-8-6-5(7-1)9-3-4-10-6/h3*1-4H. The Labute approximate surface area is 168 Å². The van der Waals surface area contributed by atoms with Gasteiger partial charge in [-0.3, -0.25) is 0 Å². The Morgan fingerprint density at radius 1 is 0.367 bits per heavy atom. The molecule has 0 bridgehead atoms. The topological polar surface area (TPSA) is 155 Å². The van der Waals surface area contributed by atoms with E-state index in [2.05, 4.69) is 59.8 Å². The SMILES string of the molecule is c1cnc2nccnc2n1.c1ncc2cncnc2n1.c1ncc2ncncc2n1. The Morgan fingerprint density at radius 2 is 0.767 bits per heavy atom. The molecule has 6 aromatic rings. The van der Waals surface area contributed by atoms with Gasteiger partial charge in [0.2, 0.25) is 0 Å². The Bertz CT molecular complexity index is 1010. The second-order valence-electron chi connectivity index (χ2n) is 5.40. The number of aromatic nitrogens is 12. The Balaban J connectivity index is 0.000000109. The van der Waals surface area contributed by atoms with Crippen molar-refractivity contribution in [3.8, 4) is 0 Å². The molecule has 0 N–H and O–H groups in total. The third-order valence-electron chi connectivity index (χ3n) is 3.48. The van der Waals surface area contributed by atoms with E-state index in [9.17, 15) is 0 Å². The molecule has 0 spiro atoms. The molecule has 30 heavy (non-hydrogen) atoms. The summed E-state index contributed by atoms with van der Waals surface area (Å²) in [6, 6.07) is 0. The average Bonchev–Trinajstić information content (AvgIpc) is 2.85. The molecule has 0 aliphatic carbocycles. The summed E-state index contributed by atoms with van der Waals surface area (Å²) in [6.07, 6.45) is 18.9. The molecule has 144 valence electrons. The van der Waals surface area contributed by atoms with Gasteiger partial charge < -0.3 is 0 Å². The van der Waals surface area contributed by atoms with Crippen LogP contribution in [-0.4, -0.2) is 59.8 Å². The lowest BCUT2D eigenvalue weighted by Gasteiger charge is -1.89. The summed E-state index contributed by atoms with van der Waals surface area (Å²) >= 11 is 0. The third-order valence-corrected chi connectivity index (χ3v) is 3.48. The second kappa shape index (κ2) is 9.45. The van der Waals surface area contributed by atoms with Gasteiger partial charge in [0.1, 0.15) is 36.3 Å². The molecule has 0 fully saturated rings. The highest BCUT2D eigenvalue weighted by Gasteiger charge is 1.92. The molecular weight excluding hydrogens is 384 g/mol. The first kappa shape index (κ1) is 18.6. The number of fused-ring (bicyclic) bond motifs is 3. The van der Waals surface area contributed by atoms with Gasteiger partial charge in [-0.1, -0.05) is 0 Å². The van der Waals surface area contributed by atoms with Crippen LogP contribution in [0.2, 0.25) is 0 Å². The summed E-state index contributed by atoms with van der Waals surface area (Å²) in [5.74, 6) is 0. The molecule has 12 heteroatoms. The maximum absolute atomic E-state index is 3.95. The van der Waals surface area contributed by atoms with Gasteiger partial charge in [0.15, 0.2) is 16.9 Å². The van der Waals surface area contributed by atoms with Crippen molar-refractivity contribution in [2.75, 3.05) is 0 Å². The van der Waals surface area contributed by atoms with Gasteiger partial charge in [-0.15, -0.1) is 0 Å². The van der Waals surface area contributed by atoms with Gasteiger partial charge in [-0.2, -0.15) is 0 Å². The van der Waals surface area contributed by atoms with Crippen LogP contribution in [0.15, 0.2) is 74.9 Å². The minimum absolute atomic E-state index is 0.588. The molecule has 0 saturated heterocycles. The highest BCUT2D eigenvalue weighted by molar-refractivity contribution is 5.71. The van der Waals surface area contributed by atoms with Crippen molar-refractivity contribution >= 4 is 33.4 Å². The van der Waals surface area contributed by atoms with Crippen molar-refractivity contribution in [2.24, 2.45) is 0 Å². The lowest BCUT2D eigenvalue weighted by Crippen LogP contribution is -1.87. The van der Waals surface area contributed by atoms with Crippen LogP contribution in [0.1, 0.15) is 0 Å². The van der Waals surface area contributed by atoms with E-state index in [1.807, 2.05) is 0 Å². The zero-order valence-corrected chi connectivity index (χ0v) is 15.3. The quantitative estimate of drug-likeness (QED) is 0.363. The van der Waals surface area contributed by atoms with Crippen molar-refractivity contribution in [3.05, 3.63) is 74.9 Å². The monoisotopic (exact) mass is 396 g/mol. The molecule has 0 unspecified atom stereocenters. The first-order valence-corrected chi connectivity index (χ1v) is 8.49. The zero-order valence-electron chi connectivity index (χ0n) is 15.3. The molecule has 6 heterocycles. The minimum Gasteiger partial charge on any atom is -0.244 e. The first-order chi connectivity index (χ1) is 14.9. The fourth-order valence-electron chi connectivity index (χ4n) is 2.18. The van der Waals surface area contributed by atoms with Crippen LogP contribution in [-0.2, 0) is 0 Å². The summed E-state index contributed by atoms with van der Waals surface area (Å²) in [6.45, 7) is 0. The van der Waals surface area contributed by atoms with Crippen LogP contribution in [0.4, 0.5) is 0 Å². The van der Waals surface area contributed by atoms with Crippen molar-refractivity contribution in [3.63, 3.8) is 0 Å². The smallest absolute Gasteiger partial charge is 0.197 e. The summed E-state index contributed by atoms with van der Waals surface area (Å²) < 4.78 is 0. The predicted molar refractivity (Wildman–Crippen MR) is 105 cm³/mol. The summed E-state index contributed by atoms with van der Waals surface area (Å²) in [7, 11) is 0. The molecule has 6 rings (SSSR count). The Hall–Kier alpha value is -4.74. The van der Waals surface area contributed by atoms with Crippen LogP contribution in [0.25, 0.3) is 33.4 Å². The molecule has 0 saturated carbocycles. The van der Waals surface area contributed by atoms with E-state index in [-0.39, 0.29) is 0 Å². The van der Waals surface area contributed by atoms with Gasteiger partial charge >= 0.3 is 0 Å². The van der Waals surface area contributed by atoms with Crippen molar-refractivity contribution in [1.29, 1.82) is 0 Å². The summed E-state index contributed by atoms with van der Waals surface area (Å²) in [5.41, 5.74) is 3.41. The Morgan fingerprint density at radius 3 is 1.20 bits per heavy atom. The second-order valence-corrected chi connectivity index (χ2v) is 5.40. The molecule has 0 aliphatic heterocycles. The molecule has 0 amide bonds. The van der Waals surface area contributed by atoms with E-state index in [1.165, 1.54) is 25.3 Å². The highest BCUT2D eigenvalue weighted by atomic mass is 15.0. The lowest BCUT2D eigenvalue weighted by atomic mass is 10.4. The highest BCUT2D eigenvalue weighted by Crippen LogP contribution is 2.01. The number of rotatable bonds is 0. The average molecular weight is 396 g/mol. The molecule has 12 nitrogen and oxygen atoms in total. The number of hydrogen-bond acceptors (Lipinski definition) is 12. The number of nitrogens with zero attached hydrogens (tertiary/aromatic N) is 12. The van der Waals surface area contributed by atoms with Crippen molar-refractivity contribution in [2.45, 2.75) is 0 Å². The van der Waals surface area contributed by atoms with Gasteiger partial charge in [0.25, 0.3) is 0 Å². The summed E-state index contributed by atoms with van der Waals surface area (Å²) in [5, 5.41) is 0.866. The van der Waals surface area contributed by atoms with E-state index >= 15 is 0 Å². The van der Waals surface area contributed by atoms with Crippen molar-refractivity contribution < 1.29 is 0 Å². The molecule has 0 radical (unpaired) electrons. The zero-order chi connectivity index (χ0) is 20.4. The minimum atomic E-state index is 0.588. The molecule has 0 atom stereocenters. The van der Waals surface area contributed by atoms with E-state index in [4.69, 9.17) is 0 Å². The van der Waals surface area contributed by atoms with Crippen LogP contribution in [0.5, 0.6) is 0 Å². The third kappa shape index (κ3) is 4.75. The van der Waals surface area contributed by atoms with E-state index < -0.39 is 0 Å². The maximum Gasteiger partial charge on any atom is 0.197 e. The fraction of sp³-hybridized carbons (Fsp3) is 0. The van der Waals surface area contributed by atoms with Crippen LogP contribution in [0, 0.1) is 0 Å². The molecule has 0 aliphatic rings. The lowest BCUT2D eigenvalue weighted by molar-refractivity contribution is 1.13. The number of hydrogen-bond donors (Lipinski definition) is 0. The van der Waals surface area contributed by atoms with E-state index in [0.29, 0.717) is 16.9 Å². The maximum atomic E-state index is 3.95. The van der Waals surface area contributed by atoms with Crippen molar-refractivity contribution in [1.82, 2.24) is 59.8 Å². The van der Waals surface area contributed by atoms with Gasteiger partial charge in [0.05, 0.1) is 17.8 Å². The predicted octanol–water partition coefficient (Wildman–Crippen LogP) is 1.26. The summed E-state index contributed by atoms with van der Waals surface area (Å²) in [4.78, 5) is 46.8. The van der Waals surface area contributed by atoms with Gasteiger partial charge in [0, 0.05) is 37.2 Å². The molecule has 6 aromatic heterocycles. The first-order valence-electron chi connectivity index (χ1n) is 8.49. The van der Waals surface area contributed by atoms with Crippen LogP contribution >= 0.6 is 0 Å². The Kier molecular flexibility index (Phi) is 5.87. The molecular formula is C18H12N12. The largest absolute Gasteiger partial charge is 0.244 e. The van der Waals surface area contributed by atoms with Crippen LogP contribution in [0.3, 0.4) is 0 Å². The van der Waals surface area contributed by atoms with E-state index in [0.717, 1.165) is 16.4 Å². The van der Waals surface area contributed by atoms with Crippen LogP contribution < -0.4 is 0 Å². The fourth-order valence-corrected chi connectivity index (χ4v) is 2.18. The molecule has 0 aromatic carbocycles. The van der Waals surface area contributed by atoms with Gasteiger partial charge in [-0.25, -0.2) is 59.8 Å². The normalized spacial score (nSPS) is 10.0. The van der Waals surface area contributed by atoms with Gasteiger partial charge in [-0.05, 0) is 0 Å².